The summed E-state index contributed by atoms with van der Waals surface area (Å²) in [5.74, 6) is 2.27. The van der Waals surface area contributed by atoms with Crippen molar-refractivity contribution in [3.63, 3.8) is 0 Å². The predicted molar refractivity (Wildman–Crippen MR) is 122 cm³/mol. The van der Waals surface area contributed by atoms with Crippen LogP contribution < -0.4 is 0 Å². The van der Waals surface area contributed by atoms with E-state index in [2.05, 4.69) is 67.2 Å². The first-order chi connectivity index (χ1) is 13.4. The van der Waals surface area contributed by atoms with Crippen LogP contribution in [0.2, 0.25) is 0 Å². The minimum absolute atomic E-state index is 0.609. The van der Waals surface area contributed by atoms with Gasteiger partial charge in [0.25, 0.3) is 0 Å². The van der Waals surface area contributed by atoms with Crippen LogP contribution >= 0.6 is 0 Å². The number of rotatable bonds is 7. The van der Waals surface area contributed by atoms with E-state index < -0.39 is 0 Å². The van der Waals surface area contributed by atoms with Gasteiger partial charge in [-0.15, -0.1) is 0 Å². The zero-order valence-corrected chi connectivity index (χ0v) is 19.0. The van der Waals surface area contributed by atoms with E-state index in [9.17, 15) is 0 Å². The SMILES string of the molecule is C=N/C(=N\C=C(/C)C1CCN(CCCC(C)C)CC1)N1CCN(C(C)C)CC1. The van der Waals surface area contributed by atoms with Crippen LogP contribution in [0.25, 0.3) is 0 Å². The van der Waals surface area contributed by atoms with Crippen molar-refractivity contribution in [1.82, 2.24) is 14.7 Å². The first-order valence-corrected chi connectivity index (χ1v) is 11.3. The predicted octanol–water partition coefficient (Wildman–Crippen LogP) is 4.12. The Morgan fingerprint density at radius 1 is 1.04 bits per heavy atom. The van der Waals surface area contributed by atoms with Crippen LogP contribution in [0.4, 0.5) is 0 Å². The molecule has 28 heavy (non-hydrogen) atoms. The van der Waals surface area contributed by atoms with Gasteiger partial charge in [-0.05, 0) is 84.6 Å². The molecule has 0 aromatic carbocycles. The second-order valence-electron chi connectivity index (χ2n) is 9.23. The maximum Gasteiger partial charge on any atom is 0.224 e. The minimum Gasteiger partial charge on any atom is -0.338 e. The van der Waals surface area contributed by atoms with Gasteiger partial charge in [0.1, 0.15) is 0 Å². The summed E-state index contributed by atoms with van der Waals surface area (Å²) >= 11 is 0. The number of likely N-dealkylation sites (tertiary alicyclic amines) is 1. The molecule has 0 unspecified atom stereocenters. The number of nitrogens with zero attached hydrogens (tertiary/aromatic N) is 5. The molecule has 2 saturated heterocycles. The van der Waals surface area contributed by atoms with Gasteiger partial charge in [0, 0.05) is 38.4 Å². The zero-order chi connectivity index (χ0) is 20.5. The minimum atomic E-state index is 0.609. The largest absolute Gasteiger partial charge is 0.338 e. The number of hydrogen-bond donors (Lipinski definition) is 0. The van der Waals surface area contributed by atoms with Gasteiger partial charge in [-0.1, -0.05) is 19.4 Å². The van der Waals surface area contributed by atoms with Crippen molar-refractivity contribution >= 4 is 12.7 Å². The third-order valence-electron chi connectivity index (χ3n) is 6.34. The highest BCUT2D eigenvalue weighted by molar-refractivity contribution is 5.84. The number of piperazine rings is 1. The third kappa shape index (κ3) is 7.32. The molecule has 2 rings (SSSR count). The second-order valence-corrected chi connectivity index (χ2v) is 9.23. The van der Waals surface area contributed by atoms with Gasteiger partial charge < -0.3 is 9.80 Å². The van der Waals surface area contributed by atoms with Gasteiger partial charge in [0.15, 0.2) is 0 Å². The smallest absolute Gasteiger partial charge is 0.224 e. The quantitative estimate of drug-likeness (QED) is 0.485. The van der Waals surface area contributed by atoms with Gasteiger partial charge in [-0.25, -0.2) is 9.98 Å². The van der Waals surface area contributed by atoms with Crippen LogP contribution in [0, 0.1) is 11.8 Å². The van der Waals surface area contributed by atoms with E-state index >= 15 is 0 Å². The van der Waals surface area contributed by atoms with Crippen molar-refractivity contribution in [2.24, 2.45) is 21.8 Å². The van der Waals surface area contributed by atoms with Crippen LogP contribution in [0.3, 0.4) is 0 Å². The van der Waals surface area contributed by atoms with Crippen molar-refractivity contribution in [3.05, 3.63) is 11.8 Å². The molecule has 2 aliphatic heterocycles. The first kappa shape index (κ1) is 23.1. The fourth-order valence-electron chi connectivity index (χ4n) is 4.26. The van der Waals surface area contributed by atoms with Crippen molar-refractivity contribution in [1.29, 1.82) is 0 Å². The summed E-state index contributed by atoms with van der Waals surface area (Å²) in [4.78, 5) is 16.3. The molecule has 5 heteroatoms. The summed E-state index contributed by atoms with van der Waals surface area (Å²) in [6.07, 6.45) is 7.24. The second kappa shape index (κ2) is 11.7. The molecule has 0 atom stereocenters. The standard InChI is InChI=1S/C23H43N5/c1-19(2)8-7-11-26-12-9-22(10-13-26)21(5)18-25-23(24-6)28-16-14-27(15-17-28)20(3)4/h18-20,22H,6-17H2,1-5H3/b21-18+,25-23+. The molecule has 2 heterocycles. The molecule has 0 N–H and O–H groups in total. The Morgan fingerprint density at radius 2 is 1.68 bits per heavy atom. The summed E-state index contributed by atoms with van der Waals surface area (Å²) in [6.45, 7) is 23.0. The number of hydrogen-bond acceptors (Lipinski definition) is 3. The molecular weight excluding hydrogens is 346 g/mol. The van der Waals surface area contributed by atoms with Crippen LogP contribution in [0.5, 0.6) is 0 Å². The molecule has 5 nitrogen and oxygen atoms in total. The van der Waals surface area contributed by atoms with E-state index in [1.807, 2.05) is 0 Å². The van der Waals surface area contributed by atoms with Gasteiger partial charge in [-0.2, -0.15) is 0 Å². The average molecular weight is 390 g/mol. The topological polar surface area (TPSA) is 34.4 Å². The van der Waals surface area contributed by atoms with Crippen molar-refractivity contribution in [2.45, 2.75) is 66.3 Å². The monoisotopic (exact) mass is 389 g/mol. The lowest BCUT2D eigenvalue weighted by atomic mass is 9.90. The van der Waals surface area contributed by atoms with E-state index in [0.29, 0.717) is 12.0 Å². The summed E-state index contributed by atoms with van der Waals surface area (Å²) < 4.78 is 0. The Bertz CT molecular complexity index is 521. The van der Waals surface area contributed by atoms with Crippen molar-refractivity contribution < 1.29 is 0 Å². The van der Waals surface area contributed by atoms with Crippen molar-refractivity contribution in [3.8, 4) is 0 Å². The van der Waals surface area contributed by atoms with Crippen molar-refractivity contribution in [2.75, 3.05) is 45.8 Å². The Hall–Kier alpha value is -1.20. The number of aliphatic imine (C=N–C) groups is 2. The normalized spacial score (nSPS) is 21.8. The fourth-order valence-corrected chi connectivity index (χ4v) is 4.26. The van der Waals surface area contributed by atoms with E-state index in [1.54, 1.807) is 0 Å². The van der Waals surface area contributed by atoms with Crippen LogP contribution in [0.1, 0.15) is 60.3 Å². The first-order valence-electron chi connectivity index (χ1n) is 11.3. The summed E-state index contributed by atoms with van der Waals surface area (Å²) in [5.41, 5.74) is 1.39. The van der Waals surface area contributed by atoms with Gasteiger partial charge in [0.05, 0.1) is 0 Å². The Morgan fingerprint density at radius 3 is 2.21 bits per heavy atom. The number of piperidine rings is 1. The third-order valence-corrected chi connectivity index (χ3v) is 6.34. The lowest BCUT2D eigenvalue weighted by Gasteiger charge is -2.37. The lowest BCUT2D eigenvalue weighted by molar-refractivity contribution is 0.148. The molecule has 0 spiro atoms. The van der Waals surface area contributed by atoms with E-state index in [-0.39, 0.29) is 0 Å². The highest BCUT2D eigenvalue weighted by Crippen LogP contribution is 2.25. The highest BCUT2D eigenvalue weighted by Gasteiger charge is 2.22. The summed E-state index contributed by atoms with van der Waals surface area (Å²) in [6, 6.07) is 0.609. The Labute approximate surface area is 173 Å². The molecule has 0 bridgehead atoms. The maximum absolute atomic E-state index is 4.72. The maximum atomic E-state index is 4.72. The molecule has 0 aromatic rings. The molecule has 2 aliphatic rings. The molecule has 2 fully saturated rings. The summed E-state index contributed by atoms with van der Waals surface area (Å²) in [7, 11) is 0. The Kier molecular flexibility index (Phi) is 9.66. The van der Waals surface area contributed by atoms with Gasteiger partial charge in [0.2, 0.25) is 5.96 Å². The molecule has 0 radical (unpaired) electrons. The number of guanidine groups is 1. The molecule has 0 aliphatic carbocycles. The molecule has 0 saturated carbocycles. The van der Waals surface area contributed by atoms with Crippen LogP contribution in [-0.2, 0) is 0 Å². The van der Waals surface area contributed by atoms with E-state index in [4.69, 9.17) is 4.99 Å². The molecule has 160 valence electrons. The number of allylic oxidation sites excluding steroid dienone is 1. The average Bonchev–Trinajstić information content (AvgIpc) is 2.69. The Balaban J connectivity index is 1.81. The molecular formula is C23H43N5. The summed E-state index contributed by atoms with van der Waals surface area (Å²) in [5, 5.41) is 0. The lowest BCUT2D eigenvalue weighted by Crippen LogP contribution is -2.50. The molecule has 0 aromatic heterocycles. The molecule has 0 amide bonds. The fraction of sp³-hybridized carbons (Fsp3) is 0.826. The van der Waals surface area contributed by atoms with E-state index in [1.165, 1.54) is 50.9 Å². The van der Waals surface area contributed by atoms with E-state index in [0.717, 1.165) is 38.1 Å². The van der Waals surface area contributed by atoms with Gasteiger partial charge >= 0.3 is 0 Å². The zero-order valence-electron chi connectivity index (χ0n) is 19.0. The highest BCUT2D eigenvalue weighted by atomic mass is 15.3. The van der Waals surface area contributed by atoms with Crippen LogP contribution in [-0.4, -0.2) is 79.2 Å². The van der Waals surface area contributed by atoms with Gasteiger partial charge in [-0.3, -0.25) is 4.90 Å². The van der Waals surface area contributed by atoms with Crippen LogP contribution in [0.15, 0.2) is 21.8 Å².